The Morgan fingerprint density at radius 2 is 2.17 bits per heavy atom. The normalized spacial score (nSPS) is 14.7. The van der Waals surface area contributed by atoms with Gasteiger partial charge in [-0.05, 0) is 17.9 Å². The third-order valence-corrected chi connectivity index (χ3v) is 1.80. The highest BCUT2D eigenvalue weighted by Gasteiger charge is 2.17. The van der Waals surface area contributed by atoms with Crippen LogP contribution in [0.1, 0.15) is 38.8 Å². The Morgan fingerprint density at radius 3 is 2.58 bits per heavy atom. The van der Waals surface area contributed by atoms with Crippen LogP contribution in [0.5, 0.6) is 0 Å². The number of hydrogen-bond acceptors (Lipinski definition) is 2. The Balaban J connectivity index is 2.56. The zero-order valence-electron chi connectivity index (χ0n) is 8.00. The first kappa shape index (κ1) is 9.33. The quantitative estimate of drug-likeness (QED) is 0.735. The van der Waals surface area contributed by atoms with Crippen LogP contribution in [0.3, 0.4) is 0 Å². The third-order valence-electron chi connectivity index (χ3n) is 1.80. The molecule has 1 aromatic heterocycles. The molecule has 0 bridgehead atoms. The van der Waals surface area contributed by atoms with E-state index in [9.17, 15) is 0 Å². The molecule has 1 aromatic rings. The molecule has 0 aliphatic rings. The van der Waals surface area contributed by atoms with E-state index in [1.165, 1.54) is 0 Å². The predicted molar refractivity (Wildman–Crippen MR) is 49.7 cm³/mol. The molecule has 0 aliphatic carbocycles. The fraction of sp³-hybridized carbons (Fsp3) is 0.600. The van der Waals surface area contributed by atoms with Crippen LogP contribution in [0, 0.1) is 5.41 Å². The van der Waals surface area contributed by atoms with Crippen molar-refractivity contribution in [2.45, 2.75) is 33.2 Å². The summed E-state index contributed by atoms with van der Waals surface area (Å²) in [5.74, 6) is 0. The number of rotatable bonds is 2. The van der Waals surface area contributed by atoms with E-state index < -0.39 is 0 Å². The van der Waals surface area contributed by atoms with E-state index in [2.05, 4.69) is 20.8 Å². The molecule has 0 amide bonds. The molecule has 68 valence electrons. The maximum atomic E-state index is 5.97. The molecule has 2 heteroatoms. The molecule has 12 heavy (non-hydrogen) atoms. The number of hydrogen-bond donors (Lipinski definition) is 1. The lowest BCUT2D eigenvalue weighted by molar-refractivity contribution is 0.342. The molecular weight excluding hydrogens is 150 g/mol. The van der Waals surface area contributed by atoms with E-state index in [0.29, 0.717) is 0 Å². The molecule has 0 aromatic carbocycles. The van der Waals surface area contributed by atoms with Crippen molar-refractivity contribution in [1.29, 1.82) is 0 Å². The van der Waals surface area contributed by atoms with E-state index in [-0.39, 0.29) is 11.5 Å². The zero-order valence-corrected chi connectivity index (χ0v) is 8.00. The van der Waals surface area contributed by atoms with Gasteiger partial charge < -0.3 is 10.2 Å². The van der Waals surface area contributed by atoms with Crippen molar-refractivity contribution in [3.05, 3.63) is 24.2 Å². The summed E-state index contributed by atoms with van der Waals surface area (Å²) in [6, 6.07) is 2.03. The summed E-state index contributed by atoms with van der Waals surface area (Å²) in [7, 11) is 0. The molecule has 2 nitrogen and oxygen atoms in total. The maximum Gasteiger partial charge on any atom is 0.0950 e. The van der Waals surface area contributed by atoms with Crippen LogP contribution in [-0.4, -0.2) is 0 Å². The highest BCUT2D eigenvalue weighted by atomic mass is 16.3. The highest BCUT2D eigenvalue weighted by Crippen LogP contribution is 2.27. The minimum absolute atomic E-state index is 0.101. The summed E-state index contributed by atoms with van der Waals surface area (Å²) >= 11 is 0. The highest BCUT2D eigenvalue weighted by molar-refractivity contribution is 5.10. The van der Waals surface area contributed by atoms with E-state index in [1.54, 1.807) is 12.5 Å². The Labute approximate surface area is 73.8 Å². The molecule has 0 saturated carbocycles. The van der Waals surface area contributed by atoms with Gasteiger partial charge in [-0.25, -0.2) is 0 Å². The summed E-state index contributed by atoms with van der Waals surface area (Å²) in [4.78, 5) is 0. The second-order valence-corrected chi connectivity index (χ2v) is 4.43. The summed E-state index contributed by atoms with van der Waals surface area (Å²) in [5, 5.41) is 0. The van der Waals surface area contributed by atoms with Gasteiger partial charge in [0, 0.05) is 11.6 Å². The van der Waals surface area contributed by atoms with Gasteiger partial charge in [0.05, 0.1) is 12.5 Å². The first-order chi connectivity index (χ1) is 5.49. The summed E-state index contributed by atoms with van der Waals surface area (Å²) < 4.78 is 4.97. The van der Waals surface area contributed by atoms with Gasteiger partial charge in [-0.15, -0.1) is 0 Å². The largest absolute Gasteiger partial charge is 0.472 e. The Hall–Kier alpha value is -0.760. The minimum Gasteiger partial charge on any atom is -0.472 e. The van der Waals surface area contributed by atoms with E-state index in [1.807, 2.05) is 6.07 Å². The molecule has 0 saturated heterocycles. The average Bonchev–Trinajstić information content (AvgIpc) is 2.32. The van der Waals surface area contributed by atoms with Crippen LogP contribution in [-0.2, 0) is 0 Å². The summed E-state index contributed by atoms with van der Waals surface area (Å²) in [6.07, 6.45) is 4.36. The van der Waals surface area contributed by atoms with E-state index in [0.717, 1.165) is 12.0 Å². The molecule has 1 unspecified atom stereocenters. The van der Waals surface area contributed by atoms with Crippen LogP contribution < -0.4 is 5.73 Å². The Morgan fingerprint density at radius 1 is 1.50 bits per heavy atom. The second-order valence-electron chi connectivity index (χ2n) is 4.43. The van der Waals surface area contributed by atoms with Crippen molar-refractivity contribution in [2.24, 2.45) is 11.1 Å². The van der Waals surface area contributed by atoms with Crippen molar-refractivity contribution in [3.63, 3.8) is 0 Å². The first-order valence-corrected chi connectivity index (χ1v) is 4.27. The molecule has 0 fully saturated rings. The van der Waals surface area contributed by atoms with Crippen LogP contribution in [0.15, 0.2) is 23.0 Å². The van der Waals surface area contributed by atoms with Gasteiger partial charge in [-0.3, -0.25) is 0 Å². The Bertz CT molecular complexity index is 220. The van der Waals surface area contributed by atoms with E-state index >= 15 is 0 Å². The molecule has 2 N–H and O–H groups in total. The predicted octanol–water partition coefficient (Wildman–Crippen LogP) is 2.72. The smallest absolute Gasteiger partial charge is 0.0950 e. The van der Waals surface area contributed by atoms with Crippen molar-refractivity contribution >= 4 is 0 Å². The SMILES string of the molecule is CC(C)(C)CC(N)c1ccoc1. The molecule has 1 atom stereocenters. The van der Waals surface area contributed by atoms with Crippen LogP contribution in [0.4, 0.5) is 0 Å². The summed E-state index contributed by atoms with van der Waals surface area (Å²) in [5.41, 5.74) is 7.33. The van der Waals surface area contributed by atoms with Crippen molar-refractivity contribution < 1.29 is 4.42 Å². The summed E-state index contributed by atoms with van der Waals surface area (Å²) in [6.45, 7) is 6.56. The maximum absolute atomic E-state index is 5.97. The zero-order chi connectivity index (χ0) is 9.19. The molecule has 1 rings (SSSR count). The topological polar surface area (TPSA) is 39.2 Å². The van der Waals surface area contributed by atoms with Gasteiger partial charge in [-0.2, -0.15) is 0 Å². The van der Waals surface area contributed by atoms with Gasteiger partial charge >= 0.3 is 0 Å². The molecular formula is C10H17NO. The lowest BCUT2D eigenvalue weighted by Crippen LogP contribution is -2.18. The molecule has 0 spiro atoms. The fourth-order valence-electron chi connectivity index (χ4n) is 1.26. The lowest BCUT2D eigenvalue weighted by atomic mass is 9.86. The fourth-order valence-corrected chi connectivity index (χ4v) is 1.26. The van der Waals surface area contributed by atoms with Gasteiger partial charge in [-0.1, -0.05) is 20.8 Å². The van der Waals surface area contributed by atoms with Crippen LogP contribution in [0.2, 0.25) is 0 Å². The lowest BCUT2D eigenvalue weighted by Gasteiger charge is -2.22. The third kappa shape index (κ3) is 2.70. The second kappa shape index (κ2) is 3.31. The number of furan rings is 1. The average molecular weight is 167 g/mol. The molecule has 1 heterocycles. The van der Waals surface area contributed by atoms with Gasteiger partial charge in [0.15, 0.2) is 0 Å². The number of nitrogens with two attached hydrogens (primary N) is 1. The van der Waals surface area contributed by atoms with Crippen molar-refractivity contribution in [3.8, 4) is 0 Å². The van der Waals surface area contributed by atoms with Gasteiger partial charge in [0.1, 0.15) is 0 Å². The van der Waals surface area contributed by atoms with Gasteiger partial charge in [0.2, 0.25) is 0 Å². The minimum atomic E-state index is 0.101. The van der Waals surface area contributed by atoms with Crippen molar-refractivity contribution in [1.82, 2.24) is 0 Å². The molecule has 0 aliphatic heterocycles. The van der Waals surface area contributed by atoms with Gasteiger partial charge in [0.25, 0.3) is 0 Å². The first-order valence-electron chi connectivity index (χ1n) is 4.27. The Kier molecular flexibility index (Phi) is 2.58. The standard InChI is InChI=1S/C10H17NO/c1-10(2,3)6-9(11)8-4-5-12-7-8/h4-5,7,9H,6,11H2,1-3H3. The molecule has 0 radical (unpaired) electrons. The van der Waals surface area contributed by atoms with Crippen molar-refractivity contribution in [2.75, 3.05) is 0 Å². The van der Waals surface area contributed by atoms with Crippen LogP contribution >= 0.6 is 0 Å². The van der Waals surface area contributed by atoms with E-state index in [4.69, 9.17) is 10.2 Å². The monoisotopic (exact) mass is 167 g/mol. The van der Waals surface area contributed by atoms with Crippen LogP contribution in [0.25, 0.3) is 0 Å².